The number of β-lactam (4-membered cyclic amide) rings is 1. The third kappa shape index (κ3) is 2.20. The molecule has 1 amide bonds. The monoisotopic (exact) mass is 290 g/mol. The number of hydrogen-bond acceptors (Lipinski definition) is 4. The van der Waals surface area contributed by atoms with Crippen LogP contribution in [0.1, 0.15) is 12.0 Å². The fraction of sp³-hybridized carbons (Fsp3) is 0.357. The highest BCUT2D eigenvalue weighted by atomic mass is 32.2. The molecule has 2 fully saturated rings. The van der Waals surface area contributed by atoms with Crippen LogP contribution >= 0.6 is 11.8 Å². The van der Waals surface area contributed by atoms with Gasteiger partial charge in [-0.1, -0.05) is 12.2 Å². The second-order valence-corrected chi connectivity index (χ2v) is 6.23. The van der Waals surface area contributed by atoms with Gasteiger partial charge in [0, 0.05) is 24.7 Å². The minimum absolute atomic E-state index is 0.0464. The van der Waals surface area contributed by atoms with E-state index in [2.05, 4.69) is 4.98 Å². The fourth-order valence-corrected chi connectivity index (χ4v) is 3.82. The van der Waals surface area contributed by atoms with E-state index in [4.69, 9.17) is 0 Å². The van der Waals surface area contributed by atoms with Gasteiger partial charge >= 0.3 is 5.97 Å². The molecule has 104 valence electrons. The van der Waals surface area contributed by atoms with Crippen molar-refractivity contribution in [3.63, 3.8) is 0 Å². The Kier molecular flexibility index (Phi) is 3.25. The topological polar surface area (TPSA) is 70.5 Å². The number of thioether (sulfide) groups is 1. The number of pyridine rings is 1. The van der Waals surface area contributed by atoms with Crippen LogP contribution in [0.3, 0.4) is 0 Å². The third-order valence-corrected chi connectivity index (χ3v) is 5.22. The molecular weight excluding hydrogens is 276 g/mol. The second kappa shape index (κ2) is 4.94. The predicted octanol–water partition coefficient (Wildman–Crippen LogP) is 1.47. The quantitative estimate of drug-likeness (QED) is 0.854. The maximum absolute atomic E-state index is 11.7. The van der Waals surface area contributed by atoms with Crippen LogP contribution in [0, 0.1) is 5.41 Å². The van der Waals surface area contributed by atoms with E-state index in [-0.39, 0.29) is 17.8 Å². The van der Waals surface area contributed by atoms with E-state index in [1.807, 2.05) is 12.1 Å². The summed E-state index contributed by atoms with van der Waals surface area (Å²) >= 11 is 1.55. The zero-order valence-corrected chi connectivity index (χ0v) is 11.5. The minimum atomic E-state index is -0.999. The smallest absolute Gasteiger partial charge is 0.316 e. The molecule has 2 aliphatic rings. The van der Waals surface area contributed by atoms with Gasteiger partial charge in [0.25, 0.3) is 0 Å². The summed E-state index contributed by atoms with van der Waals surface area (Å²) in [4.78, 5) is 28.8. The van der Waals surface area contributed by atoms with Crippen LogP contribution in [-0.2, 0) is 9.59 Å². The maximum Gasteiger partial charge on any atom is 0.316 e. The zero-order chi connectivity index (χ0) is 14.2. The lowest BCUT2D eigenvalue weighted by Crippen LogP contribution is -2.60. The van der Waals surface area contributed by atoms with Crippen LogP contribution in [-0.4, -0.2) is 44.5 Å². The van der Waals surface area contributed by atoms with E-state index < -0.39 is 11.4 Å². The van der Waals surface area contributed by atoms with Gasteiger partial charge in [0.2, 0.25) is 5.91 Å². The molecule has 1 aromatic heterocycles. The Labute approximate surface area is 120 Å². The first-order valence-corrected chi connectivity index (χ1v) is 7.39. The Morgan fingerprint density at radius 3 is 2.90 bits per heavy atom. The summed E-state index contributed by atoms with van der Waals surface area (Å²) in [5, 5.41) is 9.74. The Hall–Kier alpha value is -1.82. The average molecular weight is 290 g/mol. The summed E-state index contributed by atoms with van der Waals surface area (Å²) < 4.78 is 0. The highest BCUT2D eigenvalue weighted by Gasteiger charge is 2.50. The summed E-state index contributed by atoms with van der Waals surface area (Å²) in [5.41, 5.74) is -0.0942. The van der Waals surface area contributed by atoms with Crippen molar-refractivity contribution in [3.8, 4) is 0 Å². The molecule has 0 spiro atoms. The standard InChI is InChI=1S/C14H14N2O3S/c17-11-7-12-16(11)8-14(9-20-12,13(18)19)4-1-10-2-5-15-6-3-10/h1-6,12H,7-9H2,(H,18,19)/t12-,14?/m1/s1. The largest absolute Gasteiger partial charge is 0.481 e. The van der Waals surface area contributed by atoms with Crippen molar-refractivity contribution in [1.29, 1.82) is 0 Å². The molecule has 20 heavy (non-hydrogen) atoms. The minimum Gasteiger partial charge on any atom is -0.481 e. The lowest BCUT2D eigenvalue weighted by molar-refractivity contribution is -0.152. The van der Waals surface area contributed by atoms with Crippen LogP contribution in [0.4, 0.5) is 0 Å². The summed E-state index contributed by atoms with van der Waals surface area (Å²) in [6.45, 7) is 0.264. The number of carboxylic acids is 1. The Morgan fingerprint density at radius 1 is 1.50 bits per heavy atom. The Morgan fingerprint density at radius 2 is 2.25 bits per heavy atom. The number of fused-ring (bicyclic) bond motifs is 1. The molecule has 1 aromatic rings. The molecule has 3 heterocycles. The van der Waals surface area contributed by atoms with Crippen molar-refractivity contribution in [2.24, 2.45) is 5.41 Å². The Bertz CT molecular complexity index is 575. The average Bonchev–Trinajstić information content (AvgIpc) is 2.46. The number of rotatable bonds is 3. The molecule has 2 saturated heterocycles. The van der Waals surface area contributed by atoms with Crippen LogP contribution in [0.25, 0.3) is 6.08 Å². The lowest BCUT2D eigenvalue weighted by Gasteiger charge is -2.49. The van der Waals surface area contributed by atoms with E-state index in [0.29, 0.717) is 12.2 Å². The van der Waals surface area contributed by atoms with Crippen molar-refractivity contribution < 1.29 is 14.7 Å². The number of nitrogens with zero attached hydrogens (tertiary/aromatic N) is 2. The first-order valence-electron chi connectivity index (χ1n) is 6.34. The summed E-state index contributed by atoms with van der Waals surface area (Å²) in [6.07, 6.45) is 7.37. The molecule has 1 unspecified atom stereocenters. The van der Waals surface area contributed by atoms with Gasteiger partial charge < -0.3 is 10.0 Å². The fourth-order valence-electron chi connectivity index (χ4n) is 2.39. The molecule has 0 bridgehead atoms. The second-order valence-electron chi connectivity index (χ2n) is 5.07. The number of hydrogen-bond donors (Lipinski definition) is 1. The number of carbonyl (C=O) groups excluding carboxylic acids is 1. The zero-order valence-electron chi connectivity index (χ0n) is 10.7. The van der Waals surface area contributed by atoms with Crippen molar-refractivity contribution in [2.75, 3.05) is 12.3 Å². The molecule has 0 saturated carbocycles. The first kappa shape index (κ1) is 13.2. The molecule has 0 aliphatic carbocycles. The van der Waals surface area contributed by atoms with Crippen LogP contribution in [0.2, 0.25) is 0 Å². The van der Waals surface area contributed by atoms with Gasteiger partial charge in [-0.25, -0.2) is 0 Å². The van der Waals surface area contributed by atoms with Gasteiger partial charge in [-0.15, -0.1) is 11.8 Å². The molecule has 5 nitrogen and oxygen atoms in total. The van der Waals surface area contributed by atoms with E-state index in [0.717, 1.165) is 5.56 Å². The SMILES string of the molecule is O=C1C[C@H]2SCC(C=Cc3ccncc3)(C(=O)O)CN12. The predicted molar refractivity (Wildman–Crippen MR) is 75.9 cm³/mol. The number of aliphatic carboxylic acids is 1. The van der Waals surface area contributed by atoms with Crippen molar-refractivity contribution in [3.05, 3.63) is 36.2 Å². The van der Waals surface area contributed by atoms with Gasteiger partial charge in [-0.3, -0.25) is 14.6 Å². The number of aromatic nitrogens is 1. The third-order valence-electron chi connectivity index (χ3n) is 3.73. The van der Waals surface area contributed by atoms with E-state index >= 15 is 0 Å². The van der Waals surface area contributed by atoms with Gasteiger partial charge in [0.05, 0.1) is 11.8 Å². The highest BCUT2D eigenvalue weighted by molar-refractivity contribution is 8.00. The molecule has 0 aromatic carbocycles. The summed E-state index contributed by atoms with van der Waals surface area (Å²) in [6, 6.07) is 3.64. The highest BCUT2D eigenvalue weighted by Crippen LogP contribution is 2.42. The van der Waals surface area contributed by atoms with E-state index in [1.54, 1.807) is 41.2 Å². The van der Waals surface area contributed by atoms with Crippen molar-refractivity contribution in [1.82, 2.24) is 9.88 Å². The van der Waals surface area contributed by atoms with Crippen molar-refractivity contribution in [2.45, 2.75) is 11.8 Å². The number of carboxylic acid groups (broad SMARTS) is 1. The first-order chi connectivity index (χ1) is 9.61. The van der Waals surface area contributed by atoms with Crippen LogP contribution in [0.15, 0.2) is 30.6 Å². The molecule has 2 atom stereocenters. The van der Waals surface area contributed by atoms with E-state index in [9.17, 15) is 14.7 Å². The lowest BCUT2D eigenvalue weighted by atomic mass is 9.87. The molecular formula is C14H14N2O3S. The van der Waals surface area contributed by atoms with Crippen LogP contribution in [0.5, 0.6) is 0 Å². The number of carbonyl (C=O) groups is 2. The summed E-state index contributed by atoms with van der Waals surface area (Å²) in [5.74, 6) is -0.336. The summed E-state index contributed by atoms with van der Waals surface area (Å²) in [7, 11) is 0. The maximum atomic E-state index is 11.7. The normalized spacial score (nSPS) is 29.1. The van der Waals surface area contributed by atoms with E-state index in [1.165, 1.54) is 0 Å². The van der Waals surface area contributed by atoms with Gasteiger partial charge in [0.1, 0.15) is 5.41 Å². The molecule has 0 radical (unpaired) electrons. The van der Waals surface area contributed by atoms with Gasteiger partial charge in [-0.05, 0) is 17.7 Å². The van der Waals surface area contributed by atoms with Gasteiger partial charge in [0.15, 0.2) is 0 Å². The number of amides is 1. The Balaban J connectivity index is 1.83. The van der Waals surface area contributed by atoms with Crippen LogP contribution < -0.4 is 0 Å². The molecule has 6 heteroatoms. The molecule has 3 rings (SSSR count). The van der Waals surface area contributed by atoms with Crippen molar-refractivity contribution >= 4 is 29.7 Å². The molecule has 2 aliphatic heterocycles. The van der Waals surface area contributed by atoms with Gasteiger partial charge in [-0.2, -0.15) is 0 Å². The molecule has 1 N–H and O–H groups in total.